The number of amides is 2. The van der Waals surface area contributed by atoms with E-state index in [-0.39, 0.29) is 16.8 Å². The Morgan fingerprint density at radius 2 is 1.55 bits per heavy atom. The summed E-state index contributed by atoms with van der Waals surface area (Å²) in [6.45, 7) is 3.32. The number of carbonyl (C=O) groups excluding carboxylic acids is 2. The van der Waals surface area contributed by atoms with Crippen LogP contribution in [0, 0.1) is 19.7 Å². The molecule has 3 aromatic rings. The second-order valence-electron chi connectivity index (χ2n) is 6.76. The Balaban J connectivity index is 1.87. The van der Waals surface area contributed by atoms with Gasteiger partial charge in [-0.15, -0.1) is 0 Å². The van der Waals surface area contributed by atoms with Crippen LogP contribution in [0.25, 0.3) is 0 Å². The molecule has 1 aromatic heterocycles. The highest BCUT2D eigenvalue weighted by molar-refractivity contribution is 6.06. The van der Waals surface area contributed by atoms with Gasteiger partial charge in [-0.25, -0.2) is 4.39 Å². The first kappa shape index (κ1) is 21.9. The van der Waals surface area contributed by atoms with E-state index in [1.165, 1.54) is 24.3 Å². The number of rotatable bonds is 4. The Kier molecular flexibility index (Phi) is 6.05. The van der Waals surface area contributed by atoms with Gasteiger partial charge in [-0.05, 0) is 68.4 Å². The second kappa shape index (κ2) is 8.55. The zero-order chi connectivity index (χ0) is 22.8. The van der Waals surface area contributed by atoms with Crippen molar-refractivity contribution in [3.05, 3.63) is 88.5 Å². The third kappa shape index (κ3) is 5.25. The quantitative estimate of drug-likeness (QED) is 0.547. The number of anilines is 2. The van der Waals surface area contributed by atoms with Crippen LogP contribution in [-0.2, 0) is 6.18 Å². The third-order valence-corrected chi connectivity index (χ3v) is 4.41. The van der Waals surface area contributed by atoms with Crippen LogP contribution in [0.3, 0.4) is 0 Å². The van der Waals surface area contributed by atoms with Gasteiger partial charge in [0.1, 0.15) is 5.82 Å². The normalized spacial score (nSPS) is 11.2. The van der Waals surface area contributed by atoms with E-state index >= 15 is 0 Å². The van der Waals surface area contributed by atoms with Crippen LogP contribution < -0.4 is 10.6 Å². The third-order valence-electron chi connectivity index (χ3n) is 4.41. The number of alkyl halides is 3. The summed E-state index contributed by atoms with van der Waals surface area (Å²) >= 11 is 0. The van der Waals surface area contributed by atoms with Crippen LogP contribution in [0.15, 0.2) is 54.6 Å². The van der Waals surface area contributed by atoms with E-state index in [0.29, 0.717) is 11.4 Å². The molecule has 0 bridgehead atoms. The Labute approximate surface area is 175 Å². The van der Waals surface area contributed by atoms with Crippen molar-refractivity contribution in [3.63, 3.8) is 0 Å². The van der Waals surface area contributed by atoms with Crippen molar-refractivity contribution < 1.29 is 27.2 Å². The fraction of sp³-hybridized carbons (Fsp3) is 0.136. The summed E-state index contributed by atoms with van der Waals surface area (Å²) in [5.74, 6) is -1.99. The van der Waals surface area contributed by atoms with E-state index < -0.39 is 35.1 Å². The Morgan fingerprint density at radius 1 is 0.871 bits per heavy atom. The number of halogens is 4. The van der Waals surface area contributed by atoms with Crippen molar-refractivity contribution in [2.24, 2.45) is 0 Å². The maximum atomic E-state index is 13.6. The average Bonchev–Trinajstić information content (AvgIpc) is 2.68. The van der Waals surface area contributed by atoms with E-state index in [4.69, 9.17) is 0 Å². The lowest BCUT2D eigenvalue weighted by Gasteiger charge is -2.16. The Hall–Kier alpha value is -3.75. The summed E-state index contributed by atoms with van der Waals surface area (Å²) in [6, 6.07) is 10.6. The number of aryl methyl sites for hydroxylation is 2. The van der Waals surface area contributed by atoms with Gasteiger partial charge < -0.3 is 10.6 Å². The molecule has 0 aliphatic heterocycles. The molecule has 3 rings (SSSR count). The number of pyridine rings is 1. The summed E-state index contributed by atoms with van der Waals surface area (Å²) in [5.41, 5.74) is -0.441. The number of carbonyl (C=O) groups is 2. The van der Waals surface area contributed by atoms with Gasteiger partial charge in [0, 0.05) is 16.9 Å². The molecule has 0 saturated carbocycles. The van der Waals surface area contributed by atoms with Gasteiger partial charge in [0.15, 0.2) is 0 Å². The number of benzene rings is 2. The van der Waals surface area contributed by atoms with E-state index in [9.17, 15) is 27.2 Å². The molecule has 31 heavy (non-hydrogen) atoms. The summed E-state index contributed by atoms with van der Waals surface area (Å²) in [6.07, 6.45) is -4.79. The van der Waals surface area contributed by atoms with Crippen molar-refractivity contribution in [1.82, 2.24) is 4.98 Å². The fourth-order valence-electron chi connectivity index (χ4n) is 2.89. The van der Waals surface area contributed by atoms with Crippen molar-refractivity contribution in [1.29, 1.82) is 0 Å². The maximum absolute atomic E-state index is 13.6. The molecule has 5 nitrogen and oxygen atoms in total. The zero-order valence-corrected chi connectivity index (χ0v) is 16.5. The lowest BCUT2D eigenvalue weighted by atomic mass is 10.1. The molecule has 2 N–H and O–H groups in total. The minimum atomic E-state index is -4.79. The molecule has 2 aromatic carbocycles. The monoisotopic (exact) mass is 431 g/mol. The van der Waals surface area contributed by atoms with Crippen LogP contribution in [0.5, 0.6) is 0 Å². The predicted molar refractivity (Wildman–Crippen MR) is 107 cm³/mol. The summed E-state index contributed by atoms with van der Waals surface area (Å²) in [7, 11) is 0. The first-order valence-corrected chi connectivity index (χ1v) is 9.08. The van der Waals surface area contributed by atoms with Crippen LogP contribution in [0.1, 0.15) is 37.7 Å². The molecule has 0 fully saturated rings. The first-order chi connectivity index (χ1) is 14.5. The van der Waals surface area contributed by atoms with Gasteiger partial charge in [0.2, 0.25) is 0 Å². The highest BCUT2D eigenvalue weighted by Gasteiger charge is 2.34. The van der Waals surface area contributed by atoms with Gasteiger partial charge in [-0.2, -0.15) is 13.2 Å². The minimum Gasteiger partial charge on any atom is -0.322 e. The molecule has 0 radical (unpaired) electrons. The molecule has 1 heterocycles. The lowest BCUT2D eigenvalue weighted by Crippen LogP contribution is -2.19. The van der Waals surface area contributed by atoms with Crippen molar-refractivity contribution >= 4 is 23.2 Å². The molecule has 0 saturated heterocycles. The van der Waals surface area contributed by atoms with Gasteiger partial charge in [0.25, 0.3) is 11.8 Å². The molecular formula is C22H17F4N3O2. The van der Waals surface area contributed by atoms with Crippen LogP contribution in [0.2, 0.25) is 0 Å². The highest BCUT2D eigenvalue weighted by atomic mass is 19.4. The Morgan fingerprint density at radius 3 is 2.16 bits per heavy atom. The molecule has 0 aliphatic carbocycles. The molecule has 160 valence electrons. The van der Waals surface area contributed by atoms with E-state index in [1.54, 1.807) is 19.9 Å². The second-order valence-corrected chi connectivity index (χ2v) is 6.76. The van der Waals surface area contributed by atoms with Gasteiger partial charge >= 0.3 is 6.18 Å². The van der Waals surface area contributed by atoms with Crippen LogP contribution in [0.4, 0.5) is 28.9 Å². The van der Waals surface area contributed by atoms with Crippen molar-refractivity contribution in [2.45, 2.75) is 20.0 Å². The highest BCUT2D eigenvalue weighted by Crippen LogP contribution is 2.37. The maximum Gasteiger partial charge on any atom is 0.418 e. The molecule has 0 unspecified atom stereocenters. The standard InChI is InChI=1S/C22H17F4N3O2/c1-12-3-9-17(13(2)27-12)21(31)29-19-10-8-16(11-18(19)22(24,25)26)28-20(30)14-4-6-15(23)7-5-14/h3-11H,1-2H3,(H,28,30)(H,29,31). The molecule has 0 atom stereocenters. The smallest absolute Gasteiger partial charge is 0.322 e. The molecule has 2 amide bonds. The topological polar surface area (TPSA) is 71.1 Å². The number of nitrogens with one attached hydrogen (secondary N) is 2. The number of nitrogens with zero attached hydrogens (tertiary/aromatic N) is 1. The summed E-state index contributed by atoms with van der Waals surface area (Å²) in [5, 5.41) is 4.59. The van der Waals surface area contributed by atoms with E-state index in [2.05, 4.69) is 15.6 Å². The van der Waals surface area contributed by atoms with Crippen molar-refractivity contribution in [3.8, 4) is 0 Å². The largest absolute Gasteiger partial charge is 0.418 e. The molecule has 0 spiro atoms. The lowest BCUT2D eigenvalue weighted by molar-refractivity contribution is -0.136. The van der Waals surface area contributed by atoms with Gasteiger partial charge in [-0.1, -0.05) is 0 Å². The minimum absolute atomic E-state index is 0.0784. The van der Waals surface area contributed by atoms with Crippen molar-refractivity contribution in [2.75, 3.05) is 10.6 Å². The SMILES string of the molecule is Cc1ccc(C(=O)Nc2ccc(NC(=O)c3ccc(F)cc3)cc2C(F)(F)F)c(C)n1. The predicted octanol–water partition coefficient (Wildman–Crippen LogP) is 5.36. The number of hydrogen-bond acceptors (Lipinski definition) is 3. The van der Waals surface area contributed by atoms with E-state index in [1.807, 2.05) is 0 Å². The number of aromatic nitrogens is 1. The first-order valence-electron chi connectivity index (χ1n) is 9.08. The van der Waals surface area contributed by atoms with Gasteiger partial charge in [0.05, 0.1) is 22.5 Å². The molecular weight excluding hydrogens is 414 g/mol. The zero-order valence-electron chi connectivity index (χ0n) is 16.5. The summed E-state index contributed by atoms with van der Waals surface area (Å²) in [4.78, 5) is 28.8. The van der Waals surface area contributed by atoms with Crippen LogP contribution >= 0.6 is 0 Å². The molecule has 9 heteroatoms. The van der Waals surface area contributed by atoms with E-state index in [0.717, 1.165) is 24.3 Å². The molecule has 0 aliphatic rings. The van der Waals surface area contributed by atoms with Gasteiger partial charge in [-0.3, -0.25) is 14.6 Å². The van der Waals surface area contributed by atoms with Crippen LogP contribution in [-0.4, -0.2) is 16.8 Å². The average molecular weight is 431 g/mol. The number of hydrogen-bond donors (Lipinski definition) is 2. The fourth-order valence-corrected chi connectivity index (χ4v) is 2.89. The summed E-state index contributed by atoms with van der Waals surface area (Å²) < 4.78 is 53.8. The Bertz CT molecular complexity index is 1140.